The van der Waals surface area contributed by atoms with Crippen LogP contribution < -0.4 is 24.0 Å². The van der Waals surface area contributed by atoms with Gasteiger partial charge >= 0.3 is 5.97 Å². The number of esters is 1. The third-order valence-corrected chi connectivity index (χ3v) is 4.45. The molecule has 21 heavy (non-hydrogen) atoms. The highest BCUT2D eigenvalue weighted by Crippen LogP contribution is 2.30. The number of likely N-dealkylation sites (tertiary alicyclic amines) is 1. The Balaban J connectivity index is 0.00000220. The number of piperidine rings is 1. The average molecular weight is 403 g/mol. The largest absolute Gasteiger partial charge is 1.00 e. The van der Waals surface area contributed by atoms with Gasteiger partial charge in [-0.1, -0.05) is 30.3 Å². The summed E-state index contributed by atoms with van der Waals surface area (Å²) in [5.74, 6) is 0.548. The summed E-state index contributed by atoms with van der Waals surface area (Å²) in [6, 6.07) is 10.9. The van der Waals surface area contributed by atoms with Gasteiger partial charge in [-0.05, 0) is 11.5 Å². The molecule has 0 amide bonds. The second-order valence-electron chi connectivity index (χ2n) is 6.17. The van der Waals surface area contributed by atoms with Gasteiger partial charge in [0.15, 0.2) is 0 Å². The average Bonchev–Trinajstić information content (AvgIpc) is 2.45. The van der Waals surface area contributed by atoms with Gasteiger partial charge in [0.25, 0.3) is 0 Å². The van der Waals surface area contributed by atoms with Crippen LogP contribution in [0.15, 0.2) is 30.3 Å². The van der Waals surface area contributed by atoms with Crippen LogP contribution in [0.1, 0.15) is 37.7 Å². The van der Waals surface area contributed by atoms with Crippen molar-refractivity contribution in [3.63, 3.8) is 0 Å². The van der Waals surface area contributed by atoms with Crippen molar-refractivity contribution in [2.75, 3.05) is 33.3 Å². The summed E-state index contributed by atoms with van der Waals surface area (Å²) in [7, 11) is 2.33. The predicted molar refractivity (Wildman–Crippen MR) is 80.5 cm³/mol. The summed E-state index contributed by atoms with van der Waals surface area (Å²) < 4.78 is 6.14. The third-order valence-electron chi connectivity index (χ3n) is 4.45. The highest BCUT2D eigenvalue weighted by atomic mass is 127. The smallest absolute Gasteiger partial charge is 0.302 e. The lowest BCUT2D eigenvalue weighted by atomic mass is 9.88. The van der Waals surface area contributed by atoms with Gasteiger partial charge in [-0.25, -0.2) is 0 Å². The molecule has 4 heteroatoms. The molecule has 1 aliphatic heterocycles. The molecule has 118 valence electrons. The standard InChI is InChI=1S/C17H26NO2.HI/c1-15(19)20-14-6-11-18(2)12-9-17(10-13-18)16-7-4-3-5-8-16;/h3-5,7-8,17H,6,9-14H2,1-2H3;1H/q+1;/p-1. The molecule has 2 rings (SSSR count). The highest BCUT2D eigenvalue weighted by Gasteiger charge is 2.30. The number of hydrogen-bond donors (Lipinski definition) is 0. The maximum atomic E-state index is 10.7. The monoisotopic (exact) mass is 403 g/mol. The van der Waals surface area contributed by atoms with Gasteiger partial charge in [-0.3, -0.25) is 4.79 Å². The first-order valence-corrected chi connectivity index (χ1v) is 7.61. The Kier molecular flexibility index (Phi) is 7.66. The number of benzene rings is 1. The van der Waals surface area contributed by atoms with Gasteiger partial charge < -0.3 is 33.2 Å². The van der Waals surface area contributed by atoms with E-state index < -0.39 is 0 Å². The predicted octanol–water partition coefficient (Wildman–Crippen LogP) is -0.0322. The molecule has 0 aromatic heterocycles. The van der Waals surface area contributed by atoms with E-state index in [4.69, 9.17) is 4.74 Å². The highest BCUT2D eigenvalue weighted by molar-refractivity contribution is 5.65. The molecule has 1 saturated heterocycles. The Labute approximate surface area is 145 Å². The normalized spacial score (nSPS) is 25.0. The van der Waals surface area contributed by atoms with E-state index in [1.807, 2.05) is 0 Å². The van der Waals surface area contributed by atoms with Crippen LogP contribution in [-0.4, -0.2) is 43.7 Å². The first kappa shape index (κ1) is 18.4. The van der Waals surface area contributed by atoms with Crippen LogP contribution in [0.3, 0.4) is 0 Å². The van der Waals surface area contributed by atoms with E-state index in [9.17, 15) is 4.79 Å². The zero-order valence-corrected chi connectivity index (χ0v) is 15.2. The van der Waals surface area contributed by atoms with E-state index in [-0.39, 0.29) is 29.9 Å². The van der Waals surface area contributed by atoms with Crippen molar-refractivity contribution in [1.82, 2.24) is 0 Å². The molecule has 1 aromatic rings. The Morgan fingerprint density at radius 1 is 1.24 bits per heavy atom. The lowest BCUT2D eigenvalue weighted by Gasteiger charge is -2.40. The molecule has 0 spiro atoms. The number of carbonyl (C=O) groups excluding carboxylic acids is 1. The van der Waals surface area contributed by atoms with Gasteiger partial charge in [0.1, 0.15) is 0 Å². The van der Waals surface area contributed by atoms with Crippen molar-refractivity contribution in [2.24, 2.45) is 0 Å². The van der Waals surface area contributed by atoms with Crippen molar-refractivity contribution in [3.05, 3.63) is 35.9 Å². The number of quaternary nitrogens is 1. The second kappa shape index (κ2) is 8.73. The first-order valence-electron chi connectivity index (χ1n) is 7.61. The van der Waals surface area contributed by atoms with Crippen LogP contribution in [0.25, 0.3) is 0 Å². The lowest BCUT2D eigenvalue weighted by Crippen LogP contribution is -3.00. The Morgan fingerprint density at radius 2 is 1.86 bits per heavy atom. The number of ether oxygens (including phenoxy) is 1. The van der Waals surface area contributed by atoms with Gasteiger partial charge in [0.2, 0.25) is 0 Å². The minimum absolute atomic E-state index is 0. The van der Waals surface area contributed by atoms with Crippen molar-refractivity contribution in [2.45, 2.75) is 32.1 Å². The van der Waals surface area contributed by atoms with Gasteiger partial charge in [-0.2, -0.15) is 0 Å². The van der Waals surface area contributed by atoms with Gasteiger partial charge in [-0.15, -0.1) is 0 Å². The molecule has 0 bridgehead atoms. The summed E-state index contributed by atoms with van der Waals surface area (Å²) in [4.78, 5) is 10.7. The number of halogens is 1. The van der Waals surface area contributed by atoms with Crippen molar-refractivity contribution in [1.29, 1.82) is 0 Å². The van der Waals surface area contributed by atoms with E-state index in [1.54, 1.807) is 0 Å². The van der Waals surface area contributed by atoms with E-state index >= 15 is 0 Å². The molecular weight excluding hydrogens is 377 g/mol. The van der Waals surface area contributed by atoms with E-state index in [2.05, 4.69) is 37.4 Å². The topological polar surface area (TPSA) is 26.3 Å². The maximum Gasteiger partial charge on any atom is 0.302 e. The fourth-order valence-corrected chi connectivity index (χ4v) is 3.14. The van der Waals surface area contributed by atoms with Crippen LogP contribution in [0.5, 0.6) is 0 Å². The van der Waals surface area contributed by atoms with E-state index in [0.29, 0.717) is 6.61 Å². The number of hydrogen-bond acceptors (Lipinski definition) is 2. The summed E-state index contributed by atoms with van der Waals surface area (Å²) in [6.45, 7) is 5.58. The number of rotatable bonds is 5. The Hall–Kier alpha value is -0.620. The molecule has 1 aromatic carbocycles. The Morgan fingerprint density at radius 3 is 2.43 bits per heavy atom. The molecule has 3 nitrogen and oxygen atoms in total. The molecule has 0 radical (unpaired) electrons. The molecule has 0 saturated carbocycles. The van der Waals surface area contributed by atoms with Crippen molar-refractivity contribution in [3.8, 4) is 0 Å². The fraction of sp³-hybridized carbons (Fsp3) is 0.588. The minimum atomic E-state index is -0.171. The molecule has 1 heterocycles. The Bertz CT molecular complexity index is 428. The molecule has 1 aliphatic rings. The molecular formula is C17H26INO2. The zero-order chi connectivity index (χ0) is 14.4. The molecule has 1 fully saturated rings. The number of carbonyl (C=O) groups is 1. The summed E-state index contributed by atoms with van der Waals surface area (Å²) in [6.07, 6.45) is 3.48. The molecule has 0 N–H and O–H groups in total. The zero-order valence-electron chi connectivity index (χ0n) is 13.1. The summed E-state index contributed by atoms with van der Waals surface area (Å²) >= 11 is 0. The van der Waals surface area contributed by atoms with Crippen LogP contribution >= 0.6 is 0 Å². The van der Waals surface area contributed by atoms with Crippen LogP contribution in [0.2, 0.25) is 0 Å². The van der Waals surface area contributed by atoms with Crippen LogP contribution in [0.4, 0.5) is 0 Å². The lowest BCUT2D eigenvalue weighted by molar-refractivity contribution is -0.914. The fourth-order valence-electron chi connectivity index (χ4n) is 3.14. The van der Waals surface area contributed by atoms with Gasteiger partial charge in [0, 0.05) is 26.2 Å². The van der Waals surface area contributed by atoms with Crippen molar-refractivity contribution < 1.29 is 38.0 Å². The van der Waals surface area contributed by atoms with E-state index in [1.165, 1.54) is 38.4 Å². The SMILES string of the molecule is CC(=O)OCCC[N+]1(C)CCC(c2ccccc2)CC1.[I-]. The van der Waals surface area contributed by atoms with E-state index in [0.717, 1.165) is 23.4 Å². The van der Waals surface area contributed by atoms with Crippen LogP contribution in [0, 0.1) is 0 Å². The second-order valence-corrected chi connectivity index (χ2v) is 6.17. The first-order chi connectivity index (χ1) is 9.59. The summed E-state index contributed by atoms with van der Waals surface area (Å²) in [5.41, 5.74) is 1.48. The molecule has 0 unspecified atom stereocenters. The van der Waals surface area contributed by atoms with Crippen LogP contribution in [-0.2, 0) is 9.53 Å². The quantitative estimate of drug-likeness (QED) is 0.299. The van der Waals surface area contributed by atoms with Crippen molar-refractivity contribution >= 4 is 5.97 Å². The third kappa shape index (κ3) is 5.94. The maximum absolute atomic E-state index is 10.7. The van der Waals surface area contributed by atoms with Gasteiger partial charge in [0.05, 0.1) is 33.3 Å². The summed E-state index contributed by atoms with van der Waals surface area (Å²) in [5, 5.41) is 0. The number of nitrogens with zero attached hydrogens (tertiary/aromatic N) is 1. The molecule has 0 aliphatic carbocycles. The minimum Gasteiger partial charge on any atom is -1.00 e. The molecule has 0 atom stereocenters.